The van der Waals surface area contributed by atoms with Crippen molar-refractivity contribution in [1.29, 1.82) is 0 Å². The molecule has 2 aromatic carbocycles. The zero-order chi connectivity index (χ0) is 20.1. The van der Waals surface area contributed by atoms with Crippen molar-refractivity contribution < 1.29 is 28.5 Å². The maximum absolute atomic E-state index is 11.6. The molecule has 1 heterocycles. The number of carbonyl (C=O) groups excluding carboxylic acids is 1. The quantitative estimate of drug-likeness (QED) is 0.673. The molecule has 0 aromatic heterocycles. The maximum Gasteiger partial charge on any atom is 0.347 e. The molecular formula is C22H24O6. The van der Waals surface area contributed by atoms with Crippen molar-refractivity contribution in [3.8, 4) is 28.4 Å². The van der Waals surface area contributed by atoms with Crippen LogP contribution in [0.2, 0.25) is 0 Å². The molecule has 1 aliphatic rings. The van der Waals surface area contributed by atoms with Crippen LogP contribution in [0.15, 0.2) is 53.8 Å². The number of benzene rings is 2. The van der Waals surface area contributed by atoms with E-state index >= 15 is 0 Å². The molecule has 3 rings (SSSR count). The summed E-state index contributed by atoms with van der Waals surface area (Å²) in [5.41, 5.74) is 2.94. The van der Waals surface area contributed by atoms with Crippen molar-refractivity contribution in [1.82, 2.24) is 0 Å². The zero-order valence-corrected chi connectivity index (χ0v) is 16.5. The van der Waals surface area contributed by atoms with Crippen molar-refractivity contribution >= 4 is 5.97 Å². The van der Waals surface area contributed by atoms with Crippen molar-refractivity contribution in [2.24, 2.45) is 0 Å². The molecule has 0 saturated carbocycles. The first-order valence-electron chi connectivity index (χ1n) is 8.94. The normalized spacial score (nSPS) is 15.8. The maximum atomic E-state index is 11.6. The minimum atomic E-state index is -0.575. The van der Waals surface area contributed by atoms with E-state index in [1.54, 1.807) is 14.2 Å². The lowest BCUT2D eigenvalue weighted by Crippen LogP contribution is -2.21. The molecule has 2 aromatic rings. The van der Waals surface area contributed by atoms with Crippen LogP contribution in [0.25, 0.3) is 11.1 Å². The molecule has 28 heavy (non-hydrogen) atoms. The van der Waals surface area contributed by atoms with Gasteiger partial charge in [-0.2, -0.15) is 0 Å². The molecule has 0 spiro atoms. The number of hydrogen-bond donors (Lipinski definition) is 0. The topological polar surface area (TPSA) is 63.2 Å². The number of allylic oxidation sites excluding steroid dienone is 1. The summed E-state index contributed by atoms with van der Waals surface area (Å²) < 4.78 is 26.8. The fraction of sp³-hybridized carbons (Fsp3) is 0.318. The Balaban J connectivity index is 1.66. The molecule has 148 valence electrons. The van der Waals surface area contributed by atoms with Crippen molar-refractivity contribution in [2.45, 2.75) is 19.4 Å². The highest BCUT2D eigenvalue weighted by Gasteiger charge is 2.30. The standard InChI is InChI=1S/C22H24O6/c1-14-16(11-21(28-14)22(23)26-4)13-27-17-7-5-15(6-8-17)19-10-9-18(24-2)12-20(19)25-3/h5-10,12,21H,11,13H2,1-4H3. The van der Waals surface area contributed by atoms with Crippen LogP contribution >= 0.6 is 0 Å². The minimum absolute atomic E-state index is 0.366. The van der Waals surface area contributed by atoms with Gasteiger partial charge in [0.1, 0.15) is 23.9 Å². The Kier molecular flexibility index (Phi) is 6.09. The Morgan fingerprint density at radius 3 is 2.39 bits per heavy atom. The molecule has 0 N–H and O–H groups in total. The van der Waals surface area contributed by atoms with Crippen LogP contribution in [0, 0.1) is 0 Å². The van der Waals surface area contributed by atoms with E-state index < -0.39 is 6.10 Å². The molecule has 6 heteroatoms. The first-order chi connectivity index (χ1) is 13.5. The lowest BCUT2D eigenvalue weighted by molar-refractivity contribution is -0.150. The highest BCUT2D eigenvalue weighted by molar-refractivity contribution is 5.75. The van der Waals surface area contributed by atoms with Crippen LogP contribution in [0.5, 0.6) is 17.2 Å². The molecule has 1 aliphatic heterocycles. The van der Waals surface area contributed by atoms with Gasteiger partial charge in [0.15, 0.2) is 6.10 Å². The lowest BCUT2D eigenvalue weighted by atomic mass is 10.0. The van der Waals surface area contributed by atoms with Crippen LogP contribution in [0.3, 0.4) is 0 Å². The highest BCUT2D eigenvalue weighted by Crippen LogP contribution is 2.34. The van der Waals surface area contributed by atoms with Gasteiger partial charge < -0.3 is 23.7 Å². The number of rotatable bonds is 7. The van der Waals surface area contributed by atoms with Crippen LogP contribution in [0.1, 0.15) is 13.3 Å². The molecular weight excluding hydrogens is 360 g/mol. The third kappa shape index (κ3) is 4.22. The van der Waals surface area contributed by atoms with E-state index in [-0.39, 0.29) is 5.97 Å². The smallest absolute Gasteiger partial charge is 0.347 e. The van der Waals surface area contributed by atoms with Crippen LogP contribution in [-0.4, -0.2) is 40.0 Å². The Morgan fingerprint density at radius 2 is 1.75 bits per heavy atom. The van der Waals surface area contributed by atoms with E-state index in [4.69, 9.17) is 23.7 Å². The zero-order valence-electron chi connectivity index (χ0n) is 16.5. The molecule has 0 saturated heterocycles. The van der Waals surface area contributed by atoms with Gasteiger partial charge in [0.25, 0.3) is 0 Å². The Hall–Kier alpha value is -3.15. The van der Waals surface area contributed by atoms with Crippen LogP contribution in [-0.2, 0) is 14.3 Å². The third-order valence-corrected chi connectivity index (χ3v) is 4.70. The molecule has 0 aliphatic carbocycles. The van der Waals surface area contributed by atoms with Gasteiger partial charge in [-0.05, 0) is 36.8 Å². The SMILES string of the molecule is COC(=O)C1CC(COc2ccc(-c3ccc(OC)cc3OC)cc2)=C(C)O1. The van der Waals surface area contributed by atoms with Crippen molar-refractivity contribution in [3.63, 3.8) is 0 Å². The summed E-state index contributed by atoms with van der Waals surface area (Å²) in [6.45, 7) is 2.20. The summed E-state index contributed by atoms with van der Waals surface area (Å²) in [6.07, 6.45) is -0.0897. The van der Waals surface area contributed by atoms with Gasteiger partial charge in [-0.25, -0.2) is 4.79 Å². The number of ether oxygens (including phenoxy) is 5. The van der Waals surface area contributed by atoms with Gasteiger partial charge in [-0.15, -0.1) is 0 Å². The van der Waals surface area contributed by atoms with E-state index in [0.29, 0.717) is 13.0 Å². The molecule has 0 fully saturated rings. The second-order valence-electron chi connectivity index (χ2n) is 6.37. The summed E-state index contributed by atoms with van der Waals surface area (Å²) in [5, 5.41) is 0. The van der Waals surface area contributed by atoms with Gasteiger partial charge >= 0.3 is 5.97 Å². The summed E-state index contributed by atoms with van der Waals surface area (Å²) >= 11 is 0. The minimum Gasteiger partial charge on any atom is -0.497 e. The summed E-state index contributed by atoms with van der Waals surface area (Å²) in [7, 11) is 4.62. The first-order valence-corrected chi connectivity index (χ1v) is 8.94. The number of hydrogen-bond acceptors (Lipinski definition) is 6. The molecule has 1 atom stereocenters. The van der Waals surface area contributed by atoms with Crippen LogP contribution in [0.4, 0.5) is 0 Å². The van der Waals surface area contributed by atoms with Gasteiger partial charge in [-0.1, -0.05) is 12.1 Å². The van der Waals surface area contributed by atoms with Gasteiger partial charge in [-0.3, -0.25) is 0 Å². The fourth-order valence-corrected chi connectivity index (χ4v) is 3.07. The molecule has 6 nitrogen and oxygen atoms in total. The van der Waals surface area contributed by atoms with Crippen molar-refractivity contribution in [3.05, 3.63) is 53.8 Å². The highest BCUT2D eigenvalue weighted by atomic mass is 16.6. The Bertz CT molecular complexity index is 869. The average Bonchev–Trinajstić information content (AvgIpc) is 3.12. The first kappa shape index (κ1) is 19.6. The predicted octanol–water partition coefficient (Wildman–Crippen LogP) is 3.99. The van der Waals surface area contributed by atoms with Crippen molar-refractivity contribution in [2.75, 3.05) is 27.9 Å². The Morgan fingerprint density at radius 1 is 1.04 bits per heavy atom. The number of methoxy groups -OCH3 is 3. The second kappa shape index (κ2) is 8.69. The fourth-order valence-electron chi connectivity index (χ4n) is 3.07. The van der Waals surface area contributed by atoms with Gasteiger partial charge in [0, 0.05) is 23.6 Å². The second-order valence-corrected chi connectivity index (χ2v) is 6.37. The van der Waals surface area contributed by atoms with E-state index in [0.717, 1.165) is 39.7 Å². The van der Waals surface area contributed by atoms with Crippen LogP contribution < -0.4 is 14.2 Å². The van der Waals surface area contributed by atoms with E-state index in [1.807, 2.05) is 49.4 Å². The largest absolute Gasteiger partial charge is 0.497 e. The average molecular weight is 384 g/mol. The number of esters is 1. The third-order valence-electron chi connectivity index (χ3n) is 4.70. The molecule has 1 unspecified atom stereocenters. The Labute approximate surface area is 164 Å². The number of carbonyl (C=O) groups is 1. The summed E-state index contributed by atoms with van der Waals surface area (Å²) in [6, 6.07) is 13.5. The predicted molar refractivity (Wildman–Crippen MR) is 105 cm³/mol. The van der Waals surface area contributed by atoms with E-state index in [9.17, 15) is 4.79 Å². The molecule has 0 amide bonds. The summed E-state index contributed by atoms with van der Waals surface area (Å²) in [5.74, 6) is 2.57. The lowest BCUT2D eigenvalue weighted by Gasteiger charge is -2.12. The van der Waals surface area contributed by atoms with E-state index in [2.05, 4.69) is 0 Å². The van der Waals surface area contributed by atoms with Gasteiger partial charge in [0.2, 0.25) is 0 Å². The van der Waals surface area contributed by atoms with E-state index in [1.165, 1.54) is 7.11 Å². The summed E-state index contributed by atoms with van der Waals surface area (Å²) in [4.78, 5) is 11.6. The van der Waals surface area contributed by atoms with Gasteiger partial charge in [0.05, 0.1) is 27.1 Å². The molecule has 0 radical (unpaired) electrons. The molecule has 0 bridgehead atoms. The monoisotopic (exact) mass is 384 g/mol.